The standard InChI is InChI=1S/C27H23IN2O7S2/c1-16-5-4-6-18(11-16)15-30-26(32)24(38-27(30)33)14-19-12-22(28)25(23(13-19)36-3)37-39(34,35)21-9-7-20(8-10-21)29-17(2)31/h4-14H,15H2,1-3H3,(H,29,31)/b24-14-. The van der Waals surface area contributed by atoms with Gasteiger partial charge in [-0.1, -0.05) is 29.8 Å². The van der Waals surface area contributed by atoms with Crippen LogP contribution in [0, 0.1) is 10.5 Å². The first-order valence-electron chi connectivity index (χ1n) is 11.5. The number of aryl methyl sites for hydroxylation is 1. The lowest BCUT2D eigenvalue weighted by Crippen LogP contribution is -2.27. The lowest BCUT2D eigenvalue weighted by molar-refractivity contribution is -0.123. The molecular weight excluding hydrogens is 655 g/mol. The van der Waals surface area contributed by atoms with Gasteiger partial charge < -0.3 is 14.2 Å². The van der Waals surface area contributed by atoms with Crippen molar-refractivity contribution in [2.24, 2.45) is 0 Å². The second-order valence-corrected chi connectivity index (χ2v) is 12.2. The Hall–Kier alpha value is -3.36. The molecule has 3 aromatic carbocycles. The molecule has 0 saturated carbocycles. The maximum atomic E-state index is 13.0. The summed E-state index contributed by atoms with van der Waals surface area (Å²) in [5.74, 6) is -0.581. The molecule has 3 aromatic rings. The van der Waals surface area contributed by atoms with Crippen LogP contribution in [0.15, 0.2) is 70.5 Å². The van der Waals surface area contributed by atoms with Gasteiger partial charge in [0.05, 0.1) is 22.1 Å². The Morgan fingerprint density at radius 3 is 2.46 bits per heavy atom. The molecule has 3 amide bonds. The molecule has 1 aliphatic heterocycles. The van der Waals surface area contributed by atoms with E-state index in [4.69, 9.17) is 8.92 Å². The van der Waals surface area contributed by atoms with Gasteiger partial charge in [0, 0.05) is 12.6 Å². The molecule has 0 aromatic heterocycles. The van der Waals surface area contributed by atoms with E-state index in [0.29, 0.717) is 14.8 Å². The van der Waals surface area contributed by atoms with E-state index in [1.54, 1.807) is 12.1 Å². The average Bonchev–Trinajstić information content (AvgIpc) is 3.12. The highest BCUT2D eigenvalue weighted by Crippen LogP contribution is 2.39. The number of nitrogens with zero attached hydrogens (tertiary/aromatic N) is 1. The first kappa shape index (κ1) is 28.6. The summed E-state index contributed by atoms with van der Waals surface area (Å²) >= 11 is 2.75. The number of ether oxygens (including phenoxy) is 1. The lowest BCUT2D eigenvalue weighted by Gasteiger charge is -2.14. The molecule has 0 atom stereocenters. The van der Waals surface area contributed by atoms with E-state index in [-0.39, 0.29) is 39.0 Å². The van der Waals surface area contributed by atoms with E-state index in [1.807, 2.05) is 53.8 Å². The van der Waals surface area contributed by atoms with Crippen LogP contribution < -0.4 is 14.2 Å². The number of hydrogen-bond donors (Lipinski definition) is 1. The molecule has 1 N–H and O–H groups in total. The molecule has 0 spiro atoms. The van der Waals surface area contributed by atoms with Gasteiger partial charge >= 0.3 is 10.1 Å². The molecule has 0 unspecified atom stereocenters. The Morgan fingerprint density at radius 1 is 1.10 bits per heavy atom. The van der Waals surface area contributed by atoms with Crippen LogP contribution in [0.25, 0.3) is 6.08 Å². The number of methoxy groups -OCH3 is 1. The average molecular weight is 679 g/mol. The van der Waals surface area contributed by atoms with Crippen LogP contribution in [0.4, 0.5) is 10.5 Å². The molecule has 0 radical (unpaired) electrons. The monoisotopic (exact) mass is 678 g/mol. The van der Waals surface area contributed by atoms with Gasteiger partial charge in [-0.2, -0.15) is 8.42 Å². The summed E-state index contributed by atoms with van der Waals surface area (Å²) in [6, 6.07) is 16.3. The van der Waals surface area contributed by atoms with Gasteiger partial charge in [0.2, 0.25) is 5.91 Å². The van der Waals surface area contributed by atoms with Crippen LogP contribution in [-0.2, 0) is 26.3 Å². The van der Waals surface area contributed by atoms with Gasteiger partial charge in [-0.25, -0.2) is 0 Å². The minimum absolute atomic E-state index is 0.0197. The Bertz CT molecular complexity index is 1600. The van der Waals surface area contributed by atoms with Crippen molar-refractivity contribution in [2.75, 3.05) is 12.4 Å². The number of nitrogens with one attached hydrogen (secondary N) is 1. The summed E-state index contributed by atoms with van der Waals surface area (Å²) in [5, 5.41) is 2.20. The summed E-state index contributed by atoms with van der Waals surface area (Å²) in [5.41, 5.74) is 2.85. The highest BCUT2D eigenvalue weighted by molar-refractivity contribution is 14.1. The van der Waals surface area contributed by atoms with Gasteiger partial charge in [0.1, 0.15) is 4.90 Å². The fraction of sp³-hybridized carbons (Fsp3) is 0.148. The molecule has 202 valence electrons. The Morgan fingerprint density at radius 2 is 1.82 bits per heavy atom. The zero-order valence-electron chi connectivity index (χ0n) is 21.1. The van der Waals surface area contributed by atoms with E-state index in [9.17, 15) is 22.8 Å². The Balaban J connectivity index is 1.56. The molecule has 1 heterocycles. The van der Waals surface area contributed by atoms with Crippen molar-refractivity contribution in [3.05, 3.63) is 85.8 Å². The van der Waals surface area contributed by atoms with Gasteiger partial charge in [-0.15, -0.1) is 0 Å². The minimum Gasteiger partial charge on any atom is -0.493 e. The topological polar surface area (TPSA) is 119 Å². The number of imide groups is 1. The van der Waals surface area contributed by atoms with Crippen molar-refractivity contribution in [1.29, 1.82) is 0 Å². The number of hydrogen-bond acceptors (Lipinski definition) is 8. The van der Waals surface area contributed by atoms with Crippen molar-refractivity contribution >= 4 is 73.3 Å². The third-order valence-electron chi connectivity index (χ3n) is 5.50. The minimum atomic E-state index is -4.23. The lowest BCUT2D eigenvalue weighted by atomic mass is 10.1. The maximum absolute atomic E-state index is 13.0. The molecule has 1 aliphatic rings. The van der Waals surface area contributed by atoms with Crippen LogP contribution in [-0.4, -0.2) is 37.5 Å². The van der Waals surface area contributed by atoms with Crippen LogP contribution in [0.2, 0.25) is 0 Å². The fourth-order valence-electron chi connectivity index (χ4n) is 3.75. The predicted molar refractivity (Wildman–Crippen MR) is 157 cm³/mol. The van der Waals surface area contributed by atoms with Crippen LogP contribution in [0.5, 0.6) is 11.5 Å². The molecule has 0 bridgehead atoms. The summed E-state index contributed by atoms with van der Waals surface area (Å²) in [4.78, 5) is 38.1. The number of rotatable bonds is 8. The molecule has 0 aliphatic carbocycles. The third-order valence-corrected chi connectivity index (χ3v) is 8.45. The van der Waals surface area contributed by atoms with E-state index >= 15 is 0 Å². The number of amides is 3. The second-order valence-electron chi connectivity index (χ2n) is 8.53. The predicted octanol–water partition coefficient (Wildman–Crippen LogP) is 5.57. The third kappa shape index (κ3) is 6.81. The van der Waals surface area contributed by atoms with Gasteiger partial charge in [0.15, 0.2) is 11.5 Å². The molecule has 39 heavy (non-hydrogen) atoms. The highest BCUT2D eigenvalue weighted by atomic mass is 127. The van der Waals surface area contributed by atoms with Crippen molar-refractivity contribution in [3.8, 4) is 11.5 Å². The molecule has 12 heteroatoms. The normalized spacial score (nSPS) is 14.6. The van der Waals surface area contributed by atoms with Gasteiger partial charge in [-0.05, 0) is 94.9 Å². The van der Waals surface area contributed by atoms with E-state index in [0.717, 1.165) is 22.9 Å². The van der Waals surface area contributed by atoms with E-state index in [2.05, 4.69) is 5.32 Å². The summed E-state index contributed by atoms with van der Waals surface area (Å²) in [6.07, 6.45) is 1.56. The number of anilines is 1. The molecule has 4 rings (SSSR count). The Labute approximate surface area is 243 Å². The maximum Gasteiger partial charge on any atom is 0.339 e. The zero-order valence-corrected chi connectivity index (χ0v) is 24.8. The van der Waals surface area contributed by atoms with E-state index in [1.165, 1.54) is 49.3 Å². The van der Waals surface area contributed by atoms with Crippen molar-refractivity contribution in [3.63, 3.8) is 0 Å². The van der Waals surface area contributed by atoms with E-state index < -0.39 is 16.0 Å². The molecular formula is C27H23IN2O7S2. The number of carbonyl (C=O) groups is 3. The van der Waals surface area contributed by atoms with Crippen LogP contribution in [0.3, 0.4) is 0 Å². The smallest absolute Gasteiger partial charge is 0.339 e. The quantitative estimate of drug-likeness (QED) is 0.187. The summed E-state index contributed by atoms with van der Waals surface area (Å²) in [7, 11) is -2.86. The van der Waals surface area contributed by atoms with Crippen LogP contribution in [0.1, 0.15) is 23.6 Å². The number of benzene rings is 3. The largest absolute Gasteiger partial charge is 0.493 e. The van der Waals surface area contributed by atoms with Crippen molar-refractivity contribution in [1.82, 2.24) is 4.90 Å². The number of halogens is 1. The van der Waals surface area contributed by atoms with Gasteiger partial charge in [-0.3, -0.25) is 19.3 Å². The number of carbonyl (C=O) groups excluding carboxylic acids is 3. The first-order chi connectivity index (χ1) is 18.5. The summed E-state index contributed by atoms with van der Waals surface area (Å²) in [6.45, 7) is 3.46. The molecule has 1 fully saturated rings. The first-order valence-corrected chi connectivity index (χ1v) is 14.8. The molecule has 9 nitrogen and oxygen atoms in total. The van der Waals surface area contributed by atoms with Crippen molar-refractivity contribution in [2.45, 2.75) is 25.3 Å². The summed E-state index contributed by atoms with van der Waals surface area (Å²) < 4.78 is 37.1. The number of thioether (sulfide) groups is 1. The van der Waals surface area contributed by atoms with Gasteiger partial charge in [0.25, 0.3) is 11.1 Å². The van der Waals surface area contributed by atoms with Crippen molar-refractivity contribution < 1.29 is 31.7 Å². The molecule has 1 saturated heterocycles. The zero-order chi connectivity index (χ0) is 28.3. The SMILES string of the molecule is COc1cc(/C=C2\SC(=O)N(Cc3cccc(C)c3)C2=O)cc(I)c1OS(=O)(=O)c1ccc(NC(C)=O)cc1. The van der Waals surface area contributed by atoms with Crippen LogP contribution >= 0.6 is 34.4 Å². The highest BCUT2D eigenvalue weighted by Gasteiger charge is 2.35. The fourth-order valence-corrected chi connectivity index (χ4v) is 6.43. The second kappa shape index (κ2) is 11.8. The Kier molecular flexibility index (Phi) is 8.67.